The van der Waals surface area contributed by atoms with Crippen molar-refractivity contribution < 1.29 is 0 Å². The van der Waals surface area contributed by atoms with Gasteiger partial charge in [0.15, 0.2) is 0 Å². The Morgan fingerprint density at radius 3 is 2.95 bits per heavy atom. The molecule has 0 saturated carbocycles. The Morgan fingerprint density at radius 1 is 1.35 bits per heavy atom. The van der Waals surface area contributed by atoms with Crippen molar-refractivity contribution in [3.05, 3.63) is 47.8 Å². The van der Waals surface area contributed by atoms with Gasteiger partial charge in [0.05, 0.1) is 0 Å². The van der Waals surface area contributed by atoms with E-state index in [2.05, 4.69) is 40.0 Å². The molecule has 2 heterocycles. The van der Waals surface area contributed by atoms with E-state index < -0.39 is 0 Å². The predicted molar refractivity (Wildman–Crippen MR) is 79.4 cm³/mol. The first kappa shape index (κ1) is 12.6. The standard InChI is InChI=1S/C15H17N5/c1-10-6-7-11-4-2-3-5-13(11)20(10)15-18-9-8-12(19-15)14(16)17/h2-5,8-10H,6-7H2,1H3,(H3,16,17). The Hall–Kier alpha value is -2.43. The quantitative estimate of drug-likeness (QED) is 0.646. The van der Waals surface area contributed by atoms with Crippen LogP contribution in [0.15, 0.2) is 36.5 Å². The predicted octanol–water partition coefficient (Wildman–Crippen LogP) is 2.23. The molecule has 3 N–H and O–H groups in total. The normalized spacial score (nSPS) is 17.6. The smallest absolute Gasteiger partial charge is 0.230 e. The summed E-state index contributed by atoms with van der Waals surface area (Å²) < 4.78 is 0. The van der Waals surface area contributed by atoms with Crippen LogP contribution in [-0.2, 0) is 6.42 Å². The summed E-state index contributed by atoms with van der Waals surface area (Å²) in [7, 11) is 0. The zero-order valence-electron chi connectivity index (χ0n) is 11.4. The van der Waals surface area contributed by atoms with Crippen LogP contribution in [0.3, 0.4) is 0 Å². The first-order chi connectivity index (χ1) is 9.66. The number of aryl methyl sites for hydroxylation is 1. The van der Waals surface area contributed by atoms with Gasteiger partial charge in [-0.1, -0.05) is 18.2 Å². The lowest BCUT2D eigenvalue weighted by Crippen LogP contribution is -2.34. The lowest BCUT2D eigenvalue weighted by Gasteiger charge is -2.35. The second kappa shape index (κ2) is 4.92. The van der Waals surface area contributed by atoms with Crippen molar-refractivity contribution in [2.45, 2.75) is 25.8 Å². The molecule has 102 valence electrons. The highest BCUT2D eigenvalue weighted by Gasteiger charge is 2.26. The monoisotopic (exact) mass is 267 g/mol. The highest BCUT2D eigenvalue weighted by atomic mass is 15.3. The third-order valence-corrected chi connectivity index (χ3v) is 3.66. The van der Waals surface area contributed by atoms with Gasteiger partial charge in [-0.2, -0.15) is 0 Å². The molecule has 5 heteroatoms. The van der Waals surface area contributed by atoms with Crippen LogP contribution in [0, 0.1) is 5.41 Å². The Balaban J connectivity index is 2.09. The highest BCUT2D eigenvalue weighted by molar-refractivity contribution is 5.93. The summed E-state index contributed by atoms with van der Waals surface area (Å²) in [6.07, 6.45) is 3.79. The minimum Gasteiger partial charge on any atom is -0.382 e. The van der Waals surface area contributed by atoms with E-state index in [4.69, 9.17) is 11.1 Å². The van der Waals surface area contributed by atoms with Crippen LogP contribution in [0.25, 0.3) is 0 Å². The van der Waals surface area contributed by atoms with Gasteiger partial charge in [-0.25, -0.2) is 9.97 Å². The molecule has 0 amide bonds. The van der Waals surface area contributed by atoms with Gasteiger partial charge in [-0.3, -0.25) is 5.41 Å². The third kappa shape index (κ3) is 2.11. The van der Waals surface area contributed by atoms with Crippen molar-refractivity contribution in [1.82, 2.24) is 9.97 Å². The van der Waals surface area contributed by atoms with E-state index in [1.165, 1.54) is 5.56 Å². The zero-order valence-corrected chi connectivity index (χ0v) is 11.4. The van der Waals surface area contributed by atoms with Gasteiger partial charge < -0.3 is 10.6 Å². The van der Waals surface area contributed by atoms with Gasteiger partial charge in [-0.05, 0) is 37.5 Å². The molecule has 0 bridgehead atoms. The van der Waals surface area contributed by atoms with Crippen molar-refractivity contribution in [3.63, 3.8) is 0 Å². The first-order valence-electron chi connectivity index (χ1n) is 6.71. The Kier molecular flexibility index (Phi) is 3.10. The summed E-state index contributed by atoms with van der Waals surface area (Å²) >= 11 is 0. The van der Waals surface area contributed by atoms with Crippen molar-refractivity contribution in [2.75, 3.05) is 4.90 Å². The maximum absolute atomic E-state index is 7.51. The molecule has 0 spiro atoms. The second-order valence-corrected chi connectivity index (χ2v) is 5.04. The fourth-order valence-electron chi connectivity index (χ4n) is 2.61. The van der Waals surface area contributed by atoms with Crippen molar-refractivity contribution in [3.8, 4) is 0 Å². The lowest BCUT2D eigenvalue weighted by molar-refractivity contribution is 0.607. The van der Waals surface area contributed by atoms with Crippen molar-refractivity contribution in [1.29, 1.82) is 5.41 Å². The van der Waals surface area contributed by atoms with Crippen LogP contribution in [0.4, 0.5) is 11.6 Å². The SMILES string of the molecule is CC1CCc2ccccc2N1c1nccc(C(=N)N)n1. The number of aromatic nitrogens is 2. The average molecular weight is 267 g/mol. The number of nitrogens with two attached hydrogens (primary N) is 1. The molecule has 2 aromatic rings. The largest absolute Gasteiger partial charge is 0.382 e. The van der Waals surface area contributed by atoms with Gasteiger partial charge in [0.25, 0.3) is 0 Å². The number of nitrogen functional groups attached to an aromatic ring is 1. The molecule has 1 aliphatic heterocycles. The van der Waals surface area contributed by atoms with Gasteiger partial charge in [-0.15, -0.1) is 0 Å². The number of rotatable bonds is 2. The molecular weight excluding hydrogens is 250 g/mol. The third-order valence-electron chi connectivity index (χ3n) is 3.66. The van der Waals surface area contributed by atoms with E-state index in [0.29, 0.717) is 17.7 Å². The van der Waals surface area contributed by atoms with E-state index in [1.807, 2.05) is 6.07 Å². The Morgan fingerprint density at radius 2 is 2.15 bits per heavy atom. The molecule has 5 nitrogen and oxygen atoms in total. The summed E-state index contributed by atoms with van der Waals surface area (Å²) in [5, 5.41) is 7.51. The molecule has 0 saturated heterocycles. The molecule has 20 heavy (non-hydrogen) atoms. The van der Waals surface area contributed by atoms with Crippen LogP contribution >= 0.6 is 0 Å². The summed E-state index contributed by atoms with van der Waals surface area (Å²) in [6.45, 7) is 2.17. The van der Waals surface area contributed by atoms with E-state index in [1.54, 1.807) is 12.3 Å². The van der Waals surface area contributed by atoms with Crippen LogP contribution < -0.4 is 10.6 Å². The molecule has 1 aromatic carbocycles. The summed E-state index contributed by atoms with van der Waals surface area (Å²) in [6, 6.07) is 10.3. The summed E-state index contributed by atoms with van der Waals surface area (Å²) in [4.78, 5) is 10.9. The number of nitrogens with zero attached hydrogens (tertiary/aromatic N) is 3. The molecule has 0 radical (unpaired) electrons. The van der Waals surface area contributed by atoms with Crippen LogP contribution in [-0.4, -0.2) is 21.8 Å². The maximum Gasteiger partial charge on any atom is 0.230 e. The Labute approximate surface area is 118 Å². The van der Waals surface area contributed by atoms with E-state index >= 15 is 0 Å². The fraction of sp³-hybridized carbons (Fsp3) is 0.267. The number of amidine groups is 1. The summed E-state index contributed by atoms with van der Waals surface area (Å²) in [5.41, 5.74) is 8.43. The number of anilines is 2. The zero-order chi connectivity index (χ0) is 14.1. The second-order valence-electron chi connectivity index (χ2n) is 5.04. The van der Waals surface area contributed by atoms with Gasteiger partial charge >= 0.3 is 0 Å². The number of fused-ring (bicyclic) bond motifs is 1. The van der Waals surface area contributed by atoms with Gasteiger partial charge in [0.1, 0.15) is 11.5 Å². The number of hydrogen-bond acceptors (Lipinski definition) is 4. The van der Waals surface area contributed by atoms with Gasteiger partial charge in [0, 0.05) is 17.9 Å². The van der Waals surface area contributed by atoms with Crippen LogP contribution in [0.5, 0.6) is 0 Å². The molecule has 3 rings (SSSR count). The highest BCUT2D eigenvalue weighted by Crippen LogP contribution is 2.34. The molecule has 1 atom stereocenters. The maximum atomic E-state index is 7.51. The van der Waals surface area contributed by atoms with E-state index in [-0.39, 0.29) is 5.84 Å². The molecular formula is C15H17N5. The van der Waals surface area contributed by atoms with E-state index in [9.17, 15) is 0 Å². The Bertz CT molecular complexity index is 652. The van der Waals surface area contributed by atoms with Crippen LogP contribution in [0.1, 0.15) is 24.6 Å². The number of hydrogen-bond donors (Lipinski definition) is 2. The fourth-order valence-corrected chi connectivity index (χ4v) is 2.61. The van der Waals surface area contributed by atoms with Crippen LogP contribution in [0.2, 0.25) is 0 Å². The topological polar surface area (TPSA) is 78.9 Å². The molecule has 1 unspecified atom stereocenters. The molecule has 1 aromatic heterocycles. The summed E-state index contributed by atoms with van der Waals surface area (Å²) in [5.74, 6) is 0.573. The average Bonchev–Trinajstić information content (AvgIpc) is 2.47. The number of nitrogens with one attached hydrogen (secondary N) is 1. The number of benzene rings is 1. The molecule has 1 aliphatic rings. The minimum atomic E-state index is -0.0356. The van der Waals surface area contributed by atoms with E-state index in [0.717, 1.165) is 18.5 Å². The lowest BCUT2D eigenvalue weighted by atomic mass is 9.97. The first-order valence-corrected chi connectivity index (χ1v) is 6.71. The van der Waals surface area contributed by atoms with Crippen molar-refractivity contribution >= 4 is 17.5 Å². The number of para-hydroxylation sites is 1. The van der Waals surface area contributed by atoms with Gasteiger partial charge in [0.2, 0.25) is 5.95 Å². The molecule has 0 fully saturated rings. The minimum absolute atomic E-state index is 0.0356. The molecule has 0 aliphatic carbocycles. The van der Waals surface area contributed by atoms with Crippen molar-refractivity contribution in [2.24, 2.45) is 5.73 Å².